The Labute approximate surface area is 96.8 Å². The van der Waals surface area contributed by atoms with Crippen LogP contribution in [-0.2, 0) is 9.53 Å². The van der Waals surface area contributed by atoms with Crippen LogP contribution < -0.4 is 5.32 Å². The van der Waals surface area contributed by atoms with Crippen molar-refractivity contribution in [2.75, 3.05) is 12.4 Å². The fourth-order valence-electron chi connectivity index (χ4n) is 1.71. The van der Waals surface area contributed by atoms with E-state index < -0.39 is 6.10 Å². The zero-order valence-corrected chi connectivity index (χ0v) is 10.5. The summed E-state index contributed by atoms with van der Waals surface area (Å²) in [4.78, 5) is 11.7. The van der Waals surface area contributed by atoms with Gasteiger partial charge in [0.2, 0.25) is 0 Å². The highest BCUT2D eigenvalue weighted by atomic mass is 16.5. The van der Waals surface area contributed by atoms with E-state index in [-0.39, 0.29) is 5.91 Å². The van der Waals surface area contributed by atoms with Crippen LogP contribution in [0.15, 0.2) is 12.1 Å². The number of carbonyl (C=O) groups excluding carboxylic acids is 1. The molecule has 0 spiro atoms. The lowest BCUT2D eigenvalue weighted by Gasteiger charge is -2.15. The minimum absolute atomic E-state index is 0.113. The maximum atomic E-state index is 11.7. The molecule has 0 fully saturated rings. The number of hydrogen-bond acceptors (Lipinski definition) is 2. The van der Waals surface area contributed by atoms with Gasteiger partial charge in [0.1, 0.15) is 6.10 Å². The molecule has 88 valence electrons. The van der Waals surface area contributed by atoms with Gasteiger partial charge in [-0.2, -0.15) is 0 Å². The summed E-state index contributed by atoms with van der Waals surface area (Å²) in [6.07, 6.45) is -0.430. The van der Waals surface area contributed by atoms with Crippen LogP contribution in [0.25, 0.3) is 0 Å². The summed E-state index contributed by atoms with van der Waals surface area (Å²) in [5.41, 5.74) is 4.25. The number of rotatable bonds is 3. The highest BCUT2D eigenvalue weighted by molar-refractivity contribution is 5.95. The van der Waals surface area contributed by atoms with Crippen LogP contribution in [0.3, 0.4) is 0 Å². The topological polar surface area (TPSA) is 38.3 Å². The molecule has 1 rings (SSSR count). The maximum Gasteiger partial charge on any atom is 0.253 e. The molecule has 0 aliphatic rings. The van der Waals surface area contributed by atoms with Crippen molar-refractivity contribution in [1.82, 2.24) is 0 Å². The minimum atomic E-state index is -0.430. The lowest BCUT2D eigenvalue weighted by Crippen LogP contribution is -2.27. The largest absolute Gasteiger partial charge is 0.372 e. The molecule has 3 nitrogen and oxygen atoms in total. The SMILES string of the molecule is COC(C)C(=O)Nc1c(C)cc(C)cc1C. The van der Waals surface area contributed by atoms with Crippen molar-refractivity contribution in [2.45, 2.75) is 33.8 Å². The number of benzene rings is 1. The van der Waals surface area contributed by atoms with Crippen molar-refractivity contribution >= 4 is 11.6 Å². The Morgan fingerprint density at radius 1 is 1.25 bits per heavy atom. The molecular formula is C13H19NO2. The molecule has 3 heteroatoms. The van der Waals surface area contributed by atoms with Crippen LogP contribution in [0, 0.1) is 20.8 Å². The van der Waals surface area contributed by atoms with Crippen molar-refractivity contribution in [3.05, 3.63) is 28.8 Å². The Kier molecular flexibility index (Phi) is 4.07. The number of amides is 1. The lowest BCUT2D eigenvalue weighted by molar-refractivity contribution is -0.124. The summed E-state index contributed by atoms with van der Waals surface area (Å²) in [6.45, 7) is 7.76. The minimum Gasteiger partial charge on any atom is -0.372 e. The molecular weight excluding hydrogens is 202 g/mol. The van der Waals surface area contributed by atoms with Crippen LogP contribution in [0.1, 0.15) is 23.6 Å². The Morgan fingerprint density at radius 2 is 1.75 bits per heavy atom. The first-order valence-electron chi connectivity index (χ1n) is 5.37. The van der Waals surface area contributed by atoms with E-state index in [9.17, 15) is 4.79 Å². The van der Waals surface area contributed by atoms with E-state index in [2.05, 4.69) is 17.4 Å². The second kappa shape index (κ2) is 5.12. The molecule has 1 aromatic carbocycles. The standard InChI is InChI=1S/C13H19NO2/c1-8-6-9(2)12(10(3)7-8)14-13(15)11(4)16-5/h6-7,11H,1-5H3,(H,14,15). The van der Waals surface area contributed by atoms with Gasteiger partial charge in [0.15, 0.2) is 0 Å². The number of hydrogen-bond donors (Lipinski definition) is 1. The molecule has 0 saturated carbocycles. The summed E-state index contributed by atoms with van der Waals surface area (Å²) < 4.78 is 4.98. The fraction of sp³-hybridized carbons (Fsp3) is 0.462. The van der Waals surface area contributed by atoms with E-state index in [0.29, 0.717) is 0 Å². The average molecular weight is 221 g/mol. The van der Waals surface area contributed by atoms with Gasteiger partial charge in [-0.05, 0) is 38.8 Å². The third-order valence-electron chi connectivity index (χ3n) is 2.65. The van der Waals surface area contributed by atoms with Crippen LogP contribution in [0.4, 0.5) is 5.69 Å². The number of anilines is 1. The Hall–Kier alpha value is -1.35. The lowest BCUT2D eigenvalue weighted by atomic mass is 10.0. The van der Waals surface area contributed by atoms with E-state index in [1.807, 2.05) is 20.8 Å². The summed E-state index contributed by atoms with van der Waals surface area (Å²) in [5, 5.41) is 2.89. The molecule has 0 bridgehead atoms. The molecule has 0 aromatic heterocycles. The van der Waals surface area contributed by atoms with Gasteiger partial charge in [-0.3, -0.25) is 4.79 Å². The predicted molar refractivity (Wildman–Crippen MR) is 65.8 cm³/mol. The zero-order chi connectivity index (χ0) is 12.3. The monoisotopic (exact) mass is 221 g/mol. The van der Waals surface area contributed by atoms with Crippen LogP contribution >= 0.6 is 0 Å². The predicted octanol–water partition coefficient (Wildman–Crippen LogP) is 2.59. The smallest absolute Gasteiger partial charge is 0.253 e. The van der Waals surface area contributed by atoms with E-state index in [1.165, 1.54) is 12.7 Å². The number of ether oxygens (including phenoxy) is 1. The molecule has 1 unspecified atom stereocenters. The van der Waals surface area contributed by atoms with Gasteiger partial charge in [0, 0.05) is 12.8 Å². The van der Waals surface area contributed by atoms with Crippen molar-refractivity contribution in [2.24, 2.45) is 0 Å². The molecule has 0 aliphatic carbocycles. The highest BCUT2D eigenvalue weighted by Gasteiger charge is 2.14. The van der Waals surface area contributed by atoms with E-state index in [4.69, 9.17) is 4.74 Å². The van der Waals surface area contributed by atoms with E-state index >= 15 is 0 Å². The molecule has 1 aromatic rings. The Bertz CT molecular complexity index is 376. The van der Waals surface area contributed by atoms with E-state index in [1.54, 1.807) is 6.92 Å². The molecule has 0 radical (unpaired) electrons. The van der Waals surface area contributed by atoms with Crippen LogP contribution in [-0.4, -0.2) is 19.1 Å². The number of methoxy groups -OCH3 is 1. The van der Waals surface area contributed by atoms with E-state index in [0.717, 1.165) is 16.8 Å². The van der Waals surface area contributed by atoms with Gasteiger partial charge in [-0.1, -0.05) is 17.7 Å². The highest BCUT2D eigenvalue weighted by Crippen LogP contribution is 2.22. The number of carbonyl (C=O) groups is 1. The van der Waals surface area contributed by atoms with Gasteiger partial charge in [-0.15, -0.1) is 0 Å². The first-order chi connectivity index (χ1) is 7.45. The molecule has 1 atom stereocenters. The molecule has 16 heavy (non-hydrogen) atoms. The third-order valence-corrected chi connectivity index (χ3v) is 2.65. The van der Waals surface area contributed by atoms with Crippen LogP contribution in [0.2, 0.25) is 0 Å². The molecule has 0 heterocycles. The van der Waals surface area contributed by atoms with Gasteiger partial charge >= 0.3 is 0 Å². The Morgan fingerprint density at radius 3 is 2.19 bits per heavy atom. The first-order valence-corrected chi connectivity index (χ1v) is 5.37. The van der Waals surface area contributed by atoms with Gasteiger partial charge in [0.05, 0.1) is 0 Å². The first kappa shape index (κ1) is 12.7. The van der Waals surface area contributed by atoms with Gasteiger partial charge in [0.25, 0.3) is 5.91 Å². The second-order valence-corrected chi connectivity index (χ2v) is 4.14. The summed E-state index contributed by atoms with van der Waals surface area (Å²) in [6, 6.07) is 4.11. The van der Waals surface area contributed by atoms with Gasteiger partial charge < -0.3 is 10.1 Å². The summed E-state index contributed by atoms with van der Waals surface area (Å²) in [7, 11) is 1.53. The van der Waals surface area contributed by atoms with Crippen molar-refractivity contribution < 1.29 is 9.53 Å². The molecule has 0 aliphatic heterocycles. The third kappa shape index (κ3) is 2.83. The molecule has 1 N–H and O–H groups in total. The summed E-state index contributed by atoms with van der Waals surface area (Å²) >= 11 is 0. The van der Waals surface area contributed by atoms with Gasteiger partial charge in [-0.25, -0.2) is 0 Å². The fourth-order valence-corrected chi connectivity index (χ4v) is 1.71. The van der Waals surface area contributed by atoms with Crippen molar-refractivity contribution in [3.8, 4) is 0 Å². The van der Waals surface area contributed by atoms with Crippen LogP contribution in [0.5, 0.6) is 0 Å². The number of nitrogens with one attached hydrogen (secondary N) is 1. The molecule has 0 saturated heterocycles. The van der Waals surface area contributed by atoms with Crippen molar-refractivity contribution in [3.63, 3.8) is 0 Å². The number of aryl methyl sites for hydroxylation is 3. The van der Waals surface area contributed by atoms with Crippen molar-refractivity contribution in [1.29, 1.82) is 0 Å². The second-order valence-electron chi connectivity index (χ2n) is 4.14. The normalized spacial score (nSPS) is 12.3. The average Bonchev–Trinajstić information content (AvgIpc) is 2.21. The quantitative estimate of drug-likeness (QED) is 0.852. The maximum absolute atomic E-state index is 11.7. The summed E-state index contributed by atoms with van der Waals surface area (Å²) in [5.74, 6) is -0.113. The Balaban J connectivity index is 2.93. The molecule has 1 amide bonds. The zero-order valence-electron chi connectivity index (χ0n) is 10.5.